The van der Waals surface area contributed by atoms with Crippen molar-refractivity contribution in [1.29, 1.82) is 0 Å². The van der Waals surface area contributed by atoms with Crippen LogP contribution in [-0.4, -0.2) is 22.7 Å². The highest BCUT2D eigenvalue weighted by Crippen LogP contribution is 2.38. The molecule has 0 bridgehead atoms. The average Bonchev–Trinajstić information content (AvgIpc) is 3.48. The predicted molar refractivity (Wildman–Crippen MR) is 176 cm³/mol. The van der Waals surface area contributed by atoms with Gasteiger partial charge in [0.2, 0.25) is 5.24 Å². The van der Waals surface area contributed by atoms with Crippen LogP contribution < -0.4 is 10.2 Å². The summed E-state index contributed by atoms with van der Waals surface area (Å²) in [4.78, 5) is 29.7. The second kappa shape index (κ2) is 14.4. The number of para-hydroxylation sites is 1. The number of pyridine rings is 1. The van der Waals surface area contributed by atoms with Gasteiger partial charge < -0.3 is 10.2 Å². The zero-order chi connectivity index (χ0) is 34.6. The molecule has 2 heterocycles. The molecule has 0 spiro atoms. The van der Waals surface area contributed by atoms with Crippen molar-refractivity contribution in [1.82, 2.24) is 4.98 Å². The lowest BCUT2D eigenvalue weighted by Crippen LogP contribution is -2.36. The van der Waals surface area contributed by atoms with Crippen molar-refractivity contribution in [2.24, 2.45) is 0 Å². The van der Waals surface area contributed by atoms with Crippen LogP contribution in [-0.2, 0) is 28.4 Å². The highest BCUT2D eigenvalue weighted by atomic mass is 79.9. The van der Waals surface area contributed by atoms with Gasteiger partial charge >= 0.3 is 12.4 Å². The normalized spacial score (nSPS) is 14.0. The maximum atomic E-state index is 13.6. The van der Waals surface area contributed by atoms with Gasteiger partial charge in [0.25, 0.3) is 5.91 Å². The van der Waals surface area contributed by atoms with E-state index in [1.165, 1.54) is 24.3 Å². The van der Waals surface area contributed by atoms with Crippen molar-refractivity contribution < 1.29 is 35.9 Å². The summed E-state index contributed by atoms with van der Waals surface area (Å²) in [6.07, 6.45) is -4.67. The van der Waals surface area contributed by atoms with Gasteiger partial charge in [-0.1, -0.05) is 70.5 Å². The fourth-order valence-electron chi connectivity index (χ4n) is 5.36. The molecule has 0 fully saturated rings. The molecular formula is C35H25BrClF6N3O2. The Morgan fingerprint density at radius 1 is 0.792 bits per heavy atom. The van der Waals surface area contributed by atoms with E-state index in [9.17, 15) is 35.9 Å². The predicted octanol–water partition coefficient (Wildman–Crippen LogP) is 9.90. The lowest BCUT2D eigenvalue weighted by molar-refractivity contribution is -0.138. The number of nitrogens with zero attached hydrogens (tertiary/aromatic N) is 2. The molecule has 2 atom stereocenters. The van der Waals surface area contributed by atoms with Crippen molar-refractivity contribution in [2.45, 2.75) is 29.6 Å². The molecule has 1 aliphatic rings. The van der Waals surface area contributed by atoms with Gasteiger partial charge in [-0.2, -0.15) is 26.3 Å². The molecule has 1 amide bonds. The summed E-state index contributed by atoms with van der Waals surface area (Å²) < 4.78 is 75.9. The molecule has 5 aromatic rings. The number of hydrogen-bond donors (Lipinski definition) is 1. The minimum Gasteiger partial charge on any atom is -0.355 e. The largest absolute Gasteiger partial charge is 0.416 e. The number of hydrogen-bond acceptors (Lipinski definition) is 4. The van der Waals surface area contributed by atoms with E-state index in [2.05, 4.69) is 26.2 Å². The zero-order valence-corrected chi connectivity index (χ0v) is 27.0. The smallest absolute Gasteiger partial charge is 0.355 e. The third-order valence-electron chi connectivity index (χ3n) is 7.71. The van der Waals surface area contributed by atoms with Crippen molar-refractivity contribution in [2.75, 3.05) is 16.8 Å². The number of aromatic nitrogens is 1. The maximum Gasteiger partial charge on any atom is 0.416 e. The molecule has 6 rings (SSSR count). The lowest BCUT2D eigenvalue weighted by atomic mass is 10.0. The number of amides is 1. The number of nitrogens with one attached hydrogen (secondary N) is 1. The van der Waals surface area contributed by atoms with E-state index in [0.29, 0.717) is 23.4 Å². The molecule has 0 aliphatic carbocycles. The molecule has 48 heavy (non-hydrogen) atoms. The molecule has 13 heteroatoms. The monoisotopic (exact) mass is 747 g/mol. The summed E-state index contributed by atoms with van der Waals surface area (Å²) >= 11 is 8.15. The Hall–Kier alpha value is -4.42. The quantitative estimate of drug-likeness (QED) is 0.107. The van der Waals surface area contributed by atoms with Gasteiger partial charge in [-0.05, 0) is 77.2 Å². The summed E-state index contributed by atoms with van der Waals surface area (Å²) in [5.41, 5.74) is 2.05. The topological polar surface area (TPSA) is 62.3 Å². The summed E-state index contributed by atoms with van der Waals surface area (Å²) in [5, 5.41) is 4.06. The second-order valence-electron chi connectivity index (χ2n) is 10.8. The highest BCUT2D eigenvalue weighted by molar-refractivity contribution is 9.09. The van der Waals surface area contributed by atoms with Gasteiger partial charge in [0, 0.05) is 41.1 Å². The number of fused-ring (bicyclic) bond motifs is 2. The van der Waals surface area contributed by atoms with Crippen molar-refractivity contribution in [3.05, 3.63) is 137 Å². The SMILES string of the molecule is O=C(Cl)C(Br)c1ccc(C(F)(F)F)cc1.O=C(Nc1cccc2cnccc12)C(c1ccc(C(F)(F)F)cc1)N1CCc2ccccc21. The van der Waals surface area contributed by atoms with Crippen LogP contribution in [0.15, 0.2) is 109 Å². The van der Waals surface area contributed by atoms with Gasteiger partial charge in [-0.15, -0.1) is 0 Å². The van der Waals surface area contributed by atoms with Gasteiger partial charge in [-0.25, -0.2) is 0 Å². The van der Waals surface area contributed by atoms with E-state index in [1.807, 2.05) is 53.4 Å². The standard InChI is InChI=1S/C26H20F3N3O.C9H5BrClF3O/c27-26(28,29)20-10-8-18(9-11-20)24(32-15-13-17-4-1-2-7-23(17)32)25(33)31-22-6-3-5-19-16-30-14-12-21(19)22;10-7(8(11)15)5-1-3-6(4-2-5)9(12,13)14/h1-12,14,16,24H,13,15H2,(H,31,33);1-4,7H. The van der Waals surface area contributed by atoms with Crippen LogP contribution in [0.4, 0.5) is 37.7 Å². The van der Waals surface area contributed by atoms with E-state index in [4.69, 9.17) is 11.6 Å². The second-order valence-corrected chi connectivity index (χ2v) is 12.1. The van der Waals surface area contributed by atoms with Gasteiger partial charge in [0.1, 0.15) is 10.9 Å². The van der Waals surface area contributed by atoms with E-state index < -0.39 is 39.6 Å². The minimum atomic E-state index is -4.44. The lowest BCUT2D eigenvalue weighted by Gasteiger charge is -2.30. The summed E-state index contributed by atoms with van der Waals surface area (Å²) in [6.45, 7) is 0.595. The Kier molecular flexibility index (Phi) is 10.4. The van der Waals surface area contributed by atoms with Crippen LogP contribution >= 0.6 is 27.5 Å². The number of halogens is 8. The Bertz CT molecular complexity index is 1910. The van der Waals surface area contributed by atoms with Crippen molar-refractivity contribution in [3.63, 3.8) is 0 Å². The van der Waals surface area contributed by atoms with Crippen LogP contribution in [0.2, 0.25) is 0 Å². The Morgan fingerprint density at radius 2 is 1.40 bits per heavy atom. The van der Waals surface area contributed by atoms with Crippen LogP contribution in [0.5, 0.6) is 0 Å². The minimum absolute atomic E-state index is 0.309. The van der Waals surface area contributed by atoms with E-state index in [-0.39, 0.29) is 5.91 Å². The van der Waals surface area contributed by atoms with Gasteiger partial charge in [-0.3, -0.25) is 14.6 Å². The van der Waals surface area contributed by atoms with Crippen LogP contribution in [0.1, 0.15) is 38.7 Å². The molecule has 4 aromatic carbocycles. The molecule has 248 valence electrons. The van der Waals surface area contributed by atoms with Gasteiger partial charge in [0.05, 0.1) is 11.1 Å². The first-order valence-corrected chi connectivity index (χ1v) is 15.7. The highest BCUT2D eigenvalue weighted by Gasteiger charge is 2.35. The maximum absolute atomic E-state index is 13.6. The molecular weight excluding hydrogens is 724 g/mol. The molecule has 1 aromatic heterocycles. The van der Waals surface area contributed by atoms with Crippen LogP contribution in [0.25, 0.3) is 10.8 Å². The number of carbonyl (C=O) groups is 2. The Morgan fingerprint density at radius 3 is 2.00 bits per heavy atom. The average molecular weight is 749 g/mol. The third-order valence-corrected chi connectivity index (χ3v) is 9.13. The first kappa shape index (κ1) is 34.9. The molecule has 0 radical (unpaired) electrons. The molecule has 0 saturated heterocycles. The molecule has 1 aliphatic heterocycles. The molecule has 5 nitrogen and oxygen atoms in total. The van der Waals surface area contributed by atoms with E-state index >= 15 is 0 Å². The first-order chi connectivity index (χ1) is 22.7. The summed E-state index contributed by atoms with van der Waals surface area (Å²) in [6, 6.07) is 23.4. The molecule has 2 unspecified atom stereocenters. The summed E-state index contributed by atoms with van der Waals surface area (Å²) in [5.74, 6) is -0.309. The van der Waals surface area contributed by atoms with Gasteiger partial charge in [0.15, 0.2) is 0 Å². The Balaban J connectivity index is 0.000000253. The molecule has 0 saturated carbocycles. The van der Waals surface area contributed by atoms with E-state index in [1.54, 1.807) is 12.4 Å². The van der Waals surface area contributed by atoms with Crippen LogP contribution in [0, 0.1) is 0 Å². The number of alkyl halides is 7. The number of anilines is 2. The van der Waals surface area contributed by atoms with Crippen molar-refractivity contribution >= 4 is 60.8 Å². The third kappa shape index (κ3) is 7.99. The Labute approximate surface area is 284 Å². The molecule has 1 N–H and O–H groups in total. The van der Waals surface area contributed by atoms with E-state index in [0.717, 1.165) is 52.7 Å². The fourth-order valence-corrected chi connectivity index (χ4v) is 5.80. The number of carbonyl (C=O) groups excluding carboxylic acids is 2. The fraction of sp³-hybridized carbons (Fsp3) is 0.171. The van der Waals surface area contributed by atoms with Crippen LogP contribution in [0.3, 0.4) is 0 Å². The van der Waals surface area contributed by atoms with Crippen molar-refractivity contribution in [3.8, 4) is 0 Å². The zero-order valence-electron chi connectivity index (χ0n) is 24.7. The summed E-state index contributed by atoms with van der Waals surface area (Å²) in [7, 11) is 0. The first-order valence-electron chi connectivity index (χ1n) is 14.4. The number of rotatable bonds is 6. The number of benzene rings is 4.